The summed E-state index contributed by atoms with van der Waals surface area (Å²) < 4.78 is 5.40. The molecule has 128 valence electrons. The Kier molecular flexibility index (Phi) is 5.65. The molecule has 0 saturated carbocycles. The zero-order chi connectivity index (χ0) is 17.5. The lowest BCUT2D eigenvalue weighted by atomic mass is 10.0. The van der Waals surface area contributed by atoms with Crippen molar-refractivity contribution in [1.82, 2.24) is 10.6 Å². The van der Waals surface area contributed by atoms with Gasteiger partial charge in [-0.1, -0.05) is 54.6 Å². The highest BCUT2D eigenvalue weighted by Crippen LogP contribution is 2.18. The molecule has 0 aliphatic rings. The van der Waals surface area contributed by atoms with Crippen LogP contribution in [-0.4, -0.2) is 19.6 Å². The minimum atomic E-state index is -0.138. The highest BCUT2D eigenvalue weighted by Gasteiger charge is 2.02. The van der Waals surface area contributed by atoms with Gasteiger partial charge in [-0.25, -0.2) is 0 Å². The van der Waals surface area contributed by atoms with E-state index in [1.807, 2.05) is 24.3 Å². The first kappa shape index (κ1) is 17.0. The Labute approximate surface area is 147 Å². The topological polar surface area (TPSA) is 50.4 Å². The van der Waals surface area contributed by atoms with Crippen molar-refractivity contribution in [2.24, 2.45) is 0 Å². The van der Waals surface area contributed by atoms with Crippen LogP contribution in [0.2, 0.25) is 0 Å². The number of carbonyl (C=O) groups is 1. The fraction of sp³-hybridized carbons (Fsp3) is 0.190. The van der Waals surface area contributed by atoms with Crippen LogP contribution in [0, 0.1) is 0 Å². The molecule has 3 aromatic rings. The number of ether oxygens (including phenoxy) is 1. The zero-order valence-electron chi connectivity index (χ0n) is 14.3. The number of carbonyl (C=O) groups excluding carboxylic acids is 1. The third-order valence-corrected chi connectivity index (χ3v) is 4.10. The van der Waals surface area contributed by atoms with Gasteiger partial charge in [-0.05, 0) is 34.0 Å². The molecule has 0 aliphatic heterocycles. The monoisotopic (exact) mass is 334 g/mol. The Bertz CT molecular complexity index is 839. The smallest absolute Gasteiger partial charge is 0.257 e. The fourth-order valence-corrected chi connectivity index (χ4v) is 2.71. The summed E-state index contributed by atoms with van der Waals surface area (Å²) in [5.74, 6) is 0.558. The van der Waals surface area contributed by atoms with Crippen molar-refractivity contribution in [2.75, 3.05) is 13.7 Å². The SMILES string of the molecule is CNC(=O)COc1ccc(CNCc2cccc3ccccc23)cc1. The summed E-state index contributed by atoms with van der Waals surface area (Å²) in [6, 6.07) is 22.6. The first-order chi connectivity index (χ1) is 12.3. The predicted octanol–water partition coefficient (Wildman–Crippen LogP) is 3.25. The van der Waals surface area contributed by atoms with Gasteiger partial charge in [0.15, 0.2) is 6.61 Å². The molecule has 3 rings (SSSR count). The summed E-state index contributed by atoms with van der Waals surface area (Å²) in [7, 11) is 1.59. The van der Waals surface area contributed by atoms with Gasteiger partial charge in [0, 0.05) is 20.1 Å². The van der Waals surface area contributed by atoms with E-state index in [0.29, 0.717) is 5.75 Å². The summed E-state index contributed by atoms with van der Waals surface area (Å²) in [5, 5.41) is 8.56. The summed E-state index contributed by atoms with van der Waals surface area (Å²) in [4.78, 5) is 11.2. The molecule has 2 N–H and O–H groups in total. The number of hydrogen-bond acceptors (Lipinski definition) is 3. The van der Waals surface area contributed by atoms with Gasteiger partial charge < -0.3 is 15.4 Å². The zero-order valence-corrected chi connectivity index (χ0v) is 14.3. The molecule has 0 unspecified atom stereocenters. The molecule has 0 radical (unpaired) electrons. The summed E-state index contributed by atoms with van der Waals surface area (Å²) in [6.07, 6.45) is 0. The lowest BCUT2D eigenvalue weighted by Crippen LogP contribution is -2.24. The molecule has 0 aliphatic carbocycles. The largest absolute Gasteiger partial charge is 0.484 e. The second-order valence-corrected chi connectivity index (χ2v) is 5.85. The molecule has 4 nitrogen and oxygen atoms in total. The molecule has 1 amide bonds. The fourth-order valence-electron chi connectivity index (χ4n) is 2.71. The van der Waals surface area contributed by atoms with E-state index in [1.54, 1.807) is 7.05 Å². The first-order valence-electron chi connectivity index (χ1n) is 8.36. The first-order valence-corrected chi connectivity index (χ1v) is 8.36. The van der Waals surface area contributed by atoms with Crippen molar-refractivity contribution in [3.05, 3.63) is 77.9 Å². The third kappa shape index (κ3) is 4.58. The minimum Gasteiger partial charge on any atom is -0.484 e. The highest BCUT2D eigenvalue weighted by molar-refractivity contribution is 5.85. The summed E-state index contributed by atoms with van der Waals surface area (Å²) in [5.41, 5.74) is 2.47. The predicted molar refractivity (Wildman–Crippen MR) is 100 cm³/mol. The van der Waals surface area contributed by atoms with E-state index in [4.69, 9.17) is 4.74 Å². The van der Waals surface area contributed by atoms with E-state index >= 15 is 0 Å². The van der Waals surface area contributed by atoms with E-state index < -0.39 is 0 Å². The van der Waals surface area contributed by atoms with Crippen molar-refractivity contribution < 1.29 is 9.53 Å². The molecule has 0 bridgehead atoms. The Hall–Kier alpha value is -2.85. The van der Waals surface area contributed by atoms with Gasteiger partial charge in [0.2, 0.25) is 0 Å². The van der Waals surface area contributed by atoms with Gasteiger partial charge in [-0.3, -0.25) is 4.79 Å². The van der Waals surface area contributed by atoms with Crippen LogP contribution in [0.25, 0.3) is 10.8 Å². The molecule has 0 fully saturated rings. The minimum absolute atomic E-state index is 0.0369. The average molecular weight is 334 g/mol. The summed E-state index contributed by atoms with van der Waals surface area (Å²) in [6.45, 7) is 1.63. The van der Waals surface area contributed by atoms with E-state index in [0.717, 1.165) is 13.1 Å². The van der Waals surface area contributed by atoms with Crippen molar-refractivity contribution in [3.63, 3.8) is 0 Å². The van der Waals surface area contributed by atoms with Gasteiger partial charge in [0.05, 0.1) is 0 Å². The van der Waals surface area contributed by atoms with E-state index in [-0.39, 0.29) is 12.5 Å². The van der Waals surface area contributed by atoms with Crippen molar-refractivity contribution >= 4 is 16.7 Å². The van der Waals surface area contributed by atoms with Crippen LogP contribution >= 0.6 is 0 Å². The maximum Gasteiger partial charge on any atom is 0.257 e. The van der Waals surface area contributed by atoms with Gasteiger partial charge in [0.1, 0.15) is 5.75 Å². The number of likely N-dealkylation sites (N-methyl/N-ethyl adjacent to an activating group) is 1. The molecule has 0 heterocycles. The number of fused-ring (bicyclic) bond motifs is 1. The standard InChI is InChI=1S/C21H22N2O2/c1-22-21(24)15-25-19-11-9-16(10-12-19)13-23-14-18-7-4-6-17-5-2-3-8-20(17)18/h2-12,23H,13-15H2,1H3,(H,22,24). The molecular weight excluding hydrogens is 312 g/mol. The van der Waals surface area contributed by atoms with Crippen LogP contribution < -0.4 is 15.4 Å². The molecule has 0 atom stereocenters. The van der Waals surface area contributed by atoms with Crippen LogP contribution in [-0.2, 0) is 17.9 Å². The molecule has 0 saturated heterocycles. The normalized spacial score (nSPS) is 10.6. The molecule has 3 aromatic carbocycles. The van der Waals surface area contributed by atoms with Gasteiger partial charge in [-0.2, -0.15) is 0 Å². The maximum absolute atomic E-state index is 11.2. The van der Waals surface area contributed by atoms with Crippen LogP contribution in [0.5, 0.6) is 5.75 Å². The lowest BCUT2D eigenvalue weighted by Gasteiger charge is -2.09. The van der Waals surface area contributed by atoms with Gasteiger partial charge >= 0.3 is 0 Å². The highest BCUT2D eigenvalue weighted by atomic mass is 16.5. The molecule has 0 aromatic heterocycles. The third-order valence-electron chi connectivity index (χ3n) is 4.10. The van der Waals surface area contributed by atoms with Gasteiger partial charge in [0.25, 0.3) is 5.91 Å². The van der Waals surface area contributed by atoms with E-state index in [2.05, 4.69) is 53.1 Å². The van der Waals surface area contributed by atoms with Crippen molar-refractivity contribution in [2.45, 2.75) is 13.1 Å². The Morgan fingerprint density at radius 1 is 0.920 bits per heavy atom. The second-order valence-electron chi connectivity index (χ2n) is 5.85. The van der Waals surface area contributed by atoms with Crippen LogP contribution in [0.3, 0.4) is 0 Å². The summed E-state index contributed by atoms with van der Waals surface area (Å²) >= 11 is 0. The Morgan fingerprint density at radius 3 is 2.48 bits per heavy atom. The Balaban J connectivity index is 1.54. The van der Waals surface area contributed by atoms with Crippen LogP contribution in [0.4, 0.5) is 0 Å². The number of nitrogens with one attached hydrogen (secondary N) is 2. The lowest BCUT2D eigenvalue weighted by molar-refractivity contribution is -0.122. The Morgan fingerprint density at radius 2 is 1.68 bits per heavy atom. The average Bonchev–Trinajstić information content (AvgIpc) is 2.67. The van der Waals surface area contributed by atoms with Crippen molar-refractivity contribution in [3.8, 4) is 5.75 Å². The van der Waals surface area contributed by atoms with Crippen molar-refractivity contribution in [1.29, 1.82) is 0 Å². The van der Waals surface area contributed by atoms with Crippen LogP contribution in [0.15, 0.2) is 66.7 Å². The number of benzene rings is 3. The number of rotatable bonds is 7. The quantitative estimate of drug-likeness (QED) is 0.697. The molecule has 4 heteroatoms. The second kappa shape index (κ2) is 8.31. The maximum atomic E-state index is 11.2. The van der Waals surface area contributed by atoms with E-state index in [9.17, 15) is 4.79 Å². The van der Waals surface area contributed by atoms with Crippen LogP contribution in [0.1, 0.15) is 11.1 Å². The van der Waals surface area contributed by atoms with E-state index in [1.165, 1.54) is 21.9 Å². The molecule has 25 heavy (non-hydrogen) atoms. The molecule has 0 spiro atoms. The number of hydrogen-bond donors (Lipinski definition) is 2. The molecular formula is C21H22N2O2. The van der Waals surface area contributed by atoms with Gasteiger partial charge in [-0.15, -0.1) is 0 Å². The number of amides is 1.